The molecule has 8 heteroatoms. The van der Waals surface area contributed by atoms with Gasteiger partial charge in [0, 0.05) is 32.4 Å². The van der Waals surface area contributed by atoms with Gasteiger partial charge in [-0.25, -0.2) is 17.2 Å². The van der Waals surface area contributed by atoms with Crippen LogP contribution in [0, 0.1) is 18.6 Å². The largest absolute Gasteiger partial charge is 0.368 e. The highest BCUT2D eigenvalue weighted by Gasteiger charge is 2.29. The molecule has 0 saturated carbocycles. The van der Waals surface area contributed by atoms with Gasteiger partial charge in [-0.2, -0.15) is 4.31 Å². The molecule has 0 spiro atoms. The molecule has 0 unspecified atom stereocenters. The van der Waals surface area contributed by atoms with Gasteiger partial charge >= 0.3 is 0 Å². The molecular weight excluding hydrogens is 384 g/mol. The lowest BCUT2D eigenvalue weighted by molar-refractivity contribution is 0.385. The minimum absolute atomic E-state index is 0.0211. The number of sulfonamides is 1. The smallest absolute Gasteiger partial charge is 0.243 e. The number of anilines is 1. The van der Waals surface area contributed by atoms with Gasteiger partial charge in [0.2, 0.25) is 10.0 Å². The summed E-state index contributed by atoms with van der Waals surface area (Å²) in [6.45, 7) is 3.17. The lowest BCUT2D eigenvalue weighted by atomic mass is 10.1. The topological polar surface area (TPSA) is 53.5 Å². The third-order valence-corrected chi connectivity index (χ3v) is 6.92. The first-order valence-electron chi connectivity index (χ1n) is 8.92. The molecule has 4 rings (SSSR count). The number of aromatic nitrogens is 1. The average Bonchev–Trinajstić information content (AvgIpc) is 2.71. The van der Waals surface area contributed by atoms with Crippen molar-refractivity contribution in [3.05, 3.63) is 65.9 Å². The Balaban J connectivity index is 1.59. The van der Waals surface area contributed by atoms with Crippen molar-refractivity contribution in [1.82, 2.24) is 9.29 Å². The summed E-state index contributed by atoms with van der Waals surface area (Å²) in [5.41, 5.74) is 1.49. The average molecular weight is 403 g/mol. The Kier molecular flexibility index (Phi) is 4.76. The molecule has 5 nitrogen and oxygen atoms in total. The summed E-state index contributed by atoms with van der Waals surface area (Å²) in [5, 5.41) is 0.123. The lowest BCUT2D eigenvalue weighted by Gasteiger charge is -2.35. The van der Waals surface area contributed by atoms with Crippen LogP contribution in [0.25, 0.3) is 10.9 Å². The van der Waals surface area contributed by atoms with Crippen molar-refractivity contribution in [2.45, 2.75) is 11.8 Å². The molecule has 0 amide bonds. The molecule has 0 atom stereocenters. The molecule has 1 aromatic heterocycles. The molecule has 1 aliphatic rings. The molecular formula is C20H19F2N3O2S. The Morgan fingerprint density at radius 1 is 0.893 bits per heavy atom. The third kappa shape index (κ3) is 3.22. The minimum atomic E-state index is -3.58. The summed E-state index contributed by atoms with van der Waals surface area (Å²) >= 11 is 0. The van der Waals surface area contributed by atoms with Crippen LogP contribution in [0.5, 0.6) is 0 Å². The van der Waals surface area contributed by atoms with E-state index in [2.05, 4.69) is 4.98 Å². The van der Waals surface area contributed by atoms with Gasteiger partial charge < -0.3 is 4.90 Å². The van der Waals surface area contributed by atoms with Crippen LogP contribution in [0.15, 0.2) is 53.6 Å². The van der Waals surface area contributed by atoms with Crippen LogP contribution >= 0.6 is 0 Å². The minimum Gasteiger partial charge on any atom is -0.368 e. The summed E-state index contributed by atoms with van der Waals surface area (Å²) in [4.78, 5) is 6.08. The van der Waals surface area contributed by atoms with E-state index in [0.29, 0.717) is 18.8 Å². The van der Waals surface area contributed by atoms with Gasteiger partial charge in [-0.15, -0.1) is 0 Å². The monoisotopic (exact) mass is 403 g/mol. The first kappa shape index (κ1) is 18.8. The van der Waals surface area contributed by atoms with Crippen molar-refractivity contribution >= 4 is 26.6 Å². The molecule has 2 aromatic carbocycles. The van der Waals surface area contributed by atoms with Crippen molar-refractivity contribution in [1.29, 1.82) is 0 Å². The molecule has 146 valence electrons. The summed E-state index contributed by atoms with van der Waals surface area (Å²) in [5.74, 6) is -1.13. The fourth-order valence-corrected chi connectivity index (χ4v) is 4.89. The highest BCUT2D eigenvalue weighted by atomic mass is 32.2. The quantitative estimate of drug-likeness (QED) is 0.673. The number of rotatable bonds is 3. The van der Waals surface area contributed by atoms with Gasteiger partial charge in [0.05, 0.1) is 16.0 Å². The zero-order valence-electron chi connectivity index (χ0n) is 15.3. The molecule has 0 radical (unpaired) electrons. The molecule has 1 fully saturated rings. The van der Waals surface area contributed by atoms with Gasteiger partial charge in [-0.1, -0.05) is 17.7 Å². The normalized spacial score (nSPS) is 15.9. The maximum Gasteiger partial charge on any atom is 0.243 e. The number of halogens is 2. The lowest BCUT2D eigenvalue weighted by Crippen LogP contribution is -2.48. The maximum atomic E-state index is 14.4. The van der Waals surface area contributed by atoms with Gasteiger partial charge in [-0.05, 0) is 37.3 Å². The van der Waals surface area contributed by atoms with Crippen LogP contribution in [-0.4, -0.2) is 43.9 Å². The Labute approximate surface area is 162 Å². The molecule has 2 heterocycles. The summed E-state index contributed by atoms with van der Waals surface area (Å²) in [6.07, 6.45) is 1.44. The Morgan fingerprint density at radius 2 is 1.54 bits per heavy atom. The zero-order valence-corrected chi connectivity index (χ0v) is 16.1. The van der Waals surface area contributed by atoms with E-state index in [1.807, 2.05) is 11.8 Å². The molecule has 0 N–H and O–H groups in total. The van der Waals surface area contributed by atoms with Gasteiger partial charge in [0.15, 0.2) is 0 Å². The number of hydrogen-bond donors (Lipinski definition) is 0. The SMILES string of the molecule is Cc1ccc(S(=O)(=O)N2CCN(c3ccnc4c(F)ccc(F)c34)CC2)cc1. The maximum absolute atomic E-state index is 14.4. The fourth-order valence-electron chi connectivity index (χ4n) is 3.47. The van der Waals surface area contributed by atoms with E-state index in [9.17, 15) is 17.2 Å². The van der Waals surface area contributed by atoms with E-state index in [4.69, 9.17) is 0 Å². The number of fused-ring (bicyclic) bond motifs is 1. The summed E-state index contributed by atoms with van der Waals surface area (Å²) in [6, 6.07) is 10.5. The van der Waals surface area contributed by atoms with Crippen LogP contribution in [0.3, 0.4) is 0 Å². The standard InChI is InChI=1S/C20H19F2N3O2S/c1-14-2-4-15(5-3-14)28(26,27)25-12-10-24(11-13-25)18-8-9-23-20-17(22)7-6-16(21)19(18)20/h2-9H,10-13H2,1H3. The van der Waals surface area contributed by atoms with Gasteiger partial charge in [0.25, 0.3) is 0 Å². The predicted octanol–water partition coefficient (Wildman–Crippen LogP) is 3.33. The first-order valence-corrected chi connectivity index (χ1v) is 10.4. The molecule has 28 heavy (non-hydrogen) atoms. The highest BCUT2D eigenvalue weighted by Crippen LogP contribution is 2.30. The number of pyridine rings is 1. The van der Waals surface area contributed by atoms with Crippen LogP contribution < -0.4 is 4.90 Å². The first-order chi connectivity index (χ1) is 13.4. The second-order valence-corrected chi connectivity index (χ2v) is 8.73. The molecule has 0 aliphatic carbocycles. The Bertz CT molecular complexity index is 1130. The predicted molar refractivity (Wildman–Crippen MR) is 104 cm³/mol. The van der Waals surface area contributed by atoms with E-state index in [1.165, 1.54) is 10.5 Å². The van der Waals surface area contributed by atoms with E-state index < -0.39 is 21.7 Å². The van der Waals surface area contributed by atoms with E-state index >= 15 is 0 Å². The van der Waals surface area contributed by atoms with Crippen LogP contribution in [0.4, 0.5) is 14.5 Å². The van der Waals surface area contributed by atoms with Crippen LogP contribution in [-0.2, 0) is 10.0 Å². The molecule has 1 aliphatic heterocycles. The Hall–Kier alpha value is -2.58. The van der Waals surface area contributed by atoms with E-state index in [-0.39, 0.29) is 28.9 Å². The fraction of sp³-hybridized carbons (Fsp3) is 0.250. The molecule has 1 saturated heterocycles. The number of nitrogens with zero attached hydrogens (tertiary/aromatic N) is 3. The van der Waals surface area contributed by atoms with E-state index in [0.717, 1.165) is 17.7 Å². The number of aryl methyl sites for hydroxylation is 1. The summed E-state index contributed by atoms with van der Waals surface area (Å²) in [7, 11) is -3.58. The van der Waals surface area contributed by atoms with Gasteiger partial charge in [-0.3, -0.25) is 4.98 Å². The van der Waals surface area contributed by atoms with E-state index in [1.54, 1.807) is 30.3 Å². The number of piperazine rings is 1. The number of hydrogen-bond acceptors (Lipinski definition) is 4. The van der Waals surface area contributed by atoms with Crippen LogP contribution in [0.2, 0.25) is 0 Å². The molecule has 0 bridgehead atoms. The molecule has 3 aromatic rings. The van der Waals surface area contributed by atoms with Crippen molar-refractivity contribution in [3.63, 3.8) is 0 Å². The number of benzene rings is 2. The summed E-state index contributed by atoms with van der Waals surface area (Å²) < 4.78 is 55.5. The van der Waals surface area contributed by atoms with Crippen molar-refractivity contribution < 1.29 is 17.2 Å². The second kappa shape index (κ2) is 7.10. The van der Waals surface area contributed by atoms with Crippen LogP contribution in [0.1, 0.15) is 5.56 Å². The Morgan fingerprint density at radius 3 is 2.21 bits per heavy atom. The zero-order chi connectivity index (χ0) is 19.9. The highest BCUT2D eigenvalue weighted by molar-refractivity contribution is 7.89. The van der Waals surface area contributed by atoms with Crippen molar-refractivity contribution in [2.75, 3.05) is 31.1 Å². The van der Waals surface area contributed by atoms with Crippen molar-refractivity contribution in [3.8, 4) is 0 Å². The second-order valence-electron chi connectivity index (χ2n) is 6.79. The third-order valence-electron chi connectivity index (χ3n) is 5.01. The van der Waals surface area contributed by atoms with Crippen molar-refractivity contribution in [2.24, 2.45) is 0 Å². The van der Waals surface area contributed by atoms with Gasteiger partial charge in [0.1, 0.15) is 17.2 Å².